The zero-order chi connectivity index (χ0) is 10.6. The fraction of sp³-hybridized carbons (Fsp3) is 0.600. The van der Waals surface area contributed by atoms with Crippen molar-refractivity contribution in [3.8, 4) is 5.88 Å². The molecule has 4 nitrogen and oxygen atoms in total. The number of hydrogen-bond donors (Lipinski definition) is 1. The van der Waals surface area contributed by atoms with Gasteiger partial charge in [-0.1, -0.05) is 13.8 Å². The summed E-state index contributed by atoms with van der Waals surface area (Å²) in [7, 11) is 1.78. The Balaban J connectivity index is 2.66. The minimum absolute atomic E-state index is 0.162. The summed E-state index contributed by atoms with van der Waals surface area (Å²) in [5, 5.41) is 2.87. The molecule has 14 heavy (non-hydrogen) atoms. The Kier molecular flexibility index (Phi) is 3.68. The van der Waals surface area contributed by atoms with Crippen LogP contribution in [0.25, 0.3) is 0 Å². The van der Waals surface area contributed by atoms with Crippen LogP contribution in [0.3, 0.4) is 0 Å². The van der Waals surface area contributed by atoms with Gasteiger partial charge in [0.15, 0.2) is 0 Å². The Morgan fingerprint density at radius 3 is 2.64 bits per heavy atom. The van der Waals surface area contributed by atoms with E-state index in [2.05, 4.69) is 29.1 Å². The van der Waals surface area contributed by atoms with Crippen molar-refractivity contribution in [2.24, 2.45) is 5.92 Å². The molecule has 1 aromatic heterocycles. The van der Waals surface area contributed by atoms with Crippen LogP contribution in [0.1, 0.15) is 20.8 Å². The molecule has 0 radical (unpaired) electrons. The maximum Gasteiger partial charge on any atom is 0.225 e. The van der Waals surface area contributed by atoms with Gasteiger partial charge in [-0.25, -0.2) is 4.98 Å². The van der Waals surface area contributed by atoms with Crippen LogP contribution in [0.15, 0.2) is 12.3 Å². The highest BCUT2D eigenvalue weighted by Gasteiger charge is 2.09. The fourth-order valence-electron chi connectivity index (χ4n) is 0.855. The number of hydrogen-bond acceptors (Lipinski definition) is 4. The second-order valence-electron chi connectivity index (χ2n) is 3.54. The van der Waals surface area contributed by atoms with Crippen LogP contribution in [-0.2, 0) is 0 Å². The summed E-state index contributed by atoms with van der Waals surface area (Å²) < 4.78 is 5.63. The first-order valence-electron chi connectivity index (χ1n) is 4.81. The zero-order valence-electron chi connectivity index (χ0n) is 9.11. The molecule has 0 saturated carbocycles. The van der Waals surface area contributed by atoms with E-state index in [1.54, 1.807) is 19.3 Å². The average Bonchev–Trinajstić information content (AvgIpc) is 2.18. The standard InChI is InChI=1S/C10H17N3O/c1-7(2)8(3)14-9-5-6-12-10(11-4)13-9/h5-8H,1-4H3,(H,11,12,13). The third kappa shape index (κ3) is 2.87. The van der Waals surface area contributed by atoms with Gasteiger partial charge in [-0.05, 0) is 12.8 Å². The Labute approximate surface area is 84.7 Å². The summed E-state index contributed by atoms with van der Waals surface area (Å²) in [5.41, 5.74) is 0. The minimum Gasteiger partial charge on any atom is -0.474 e. The Bertz CT molecular complexity index is 288. The summed E-state index contributed by atoms with van der Waals surface area (Å²) in [6.07, 6.45) is 1.84. The molecule has 1 rings (SSSR count). The van der Waals surface area contributed by atoms with Crippen molar-refractivity contribution < 1.29 is 4.74 Å². The van der Waals surface area contributed by atoms with Gasteiger partial charge < -0.3 is 10.1 Å². The highest BCUT2D eigenvalue weighted by molar-refractivity contribution is 5.26. The second-order valence-corrected chi connectivity index (χ2v) is 3.54. The van der Waals surface area contributed by atoms with Gasteiger partial charge >= 0.3 is 0 Å². The number of nitrogens with one attached hydrogen (secondary N) is 1. The lowest BCUT2D eigenvalue weighted by Gasteiger charge is -2.17. The van der Waals surface area contributed by atoms with E-state index < -0.39 is 0 Å². The molecule has 0 aliphatic heterocycles. The summed E-state index contributed by atoms with van der Waals surface area (Å²) in [6.45, 7) is 6.27. The van der Waals surface area contributed by atoms with Gasteiger partial charge in [0, 0.05) is 19.3 Å². The van der Waals surface area contributed by atoms with E-state index in [1.807, 2.05) is 6.92 Å². The van der Waals surface area contributed by atoms with Gasteiger partial charge in [-0.3, -0.25) is 0 Å². The van der Waals surface area contributed by atoms with Crippen molar-refractivity contribution in [2.75, 3.05) is 12.4 Å². The quantitative estimate of drug-likeness (QED) is 0.797. The first-order valence-corrected chi connectivity index (χ1v) is 4.81. The van der Waals surface area contributed by atoms with Gasteiger partial charge in [-0.15, -0.1) is 0 Å². The molecule has 78 valence electrons. The first kappa shape index (κ1) is 10.8. The van der Waals surface area contributed by atoms with Gasteiger partial charge in [0.2, 0.25) is 11.8 Å². The number of nitrogens with zero attached hydrogens (tertiary/aromatic N) is 2. The molecule has 1 unspecified atom stereocenters. The van der Waals surface area contributed by atoms with Crippen molar-refractivity contribution in [3.63, 3.8) is 0 Å². The second kappa shape index (κ2) is 4.79. The molecule has 1 heterocycles. The first-order chi connectivity index (χ1) is 6.63. The SMILES string of the molecule is CNc1nccc(OC(C)C(C)C)n1. The molecule has 0 spiro atoms. The summed E-state index contributed by atoms with van der Waals surface area (Å²) in [4.78, 5) is 8.18. The maximum atomic E-state index is 5.63. The molecule has 1 atom stereocenters. The fourth-order valence-corrected chi connectivity index (χ4v) is 0.855. The van der Waals surface area contributed by atoms with Crippen LogP contribution >= 0.6 is 0 Å². The van der Waals surface area contributed by atoms with E-state index >= 15 is 0 Å². The molecule has 0 fully saturated rings. The molecule has 0 amide bonds. The van der Waals surface area contributed by atoms with E-state index in [1.165, 1.54) is 0 Å². The topological polar surface area (TPSA) is 47.0 Å². The van der Waals surface area contributed by atoms with E-state index in [9.17, 15) is 0 Å². The van der Waals surface area contributed by atoms with Crippen LogP contribution in [0.2, 0.25) is 0 Å². The van der Waals surface area contributed by atoms with Crippen molar-refractivity contribution in [1.82, 2.24) is 9.97 Å². The molecule has 0 aromatic carbocycles. The molecule has 1 aromatic rings. The van der Waals surface area contributed by atoms with Gasteiger partial charge in [0.1, 0.15) is 0 Å². The Hall–Kier alpha value is -1.32. The van der Waals surface area contributed by atoms with Gasteiger partial charge in [0.25, 0.3) is 0 Å². The lowest BCUT2D eigenvalue weighted by Crippen LogP contribution is -2.19. The molecule has 0 bridgehead atoms. The van der Waals surface area contributed by atoms with E-state index in [4.69, 9.17) is 4.74 Å². The predicted molar refractivity (Wildman–Crippen MR) is 56.5 cm³/mol. The van der Waals surface area contributed by atoms with Crippen LogP contribution in [0, 0.1) is 5.92 Å². The van der Waals surface area contributed by atoms with E-state index in [0.717, 1.165) is 0 Å². The molecule has 0 aliphatic rings. The van der Waals surface area contributed by atoms with Crippen molar-refractivity contribution in [1.29, 1.82) is 0 Å². The van der Waals surface area contributed by atoms with E-state index in [-0.39, 0.29) is 6.10 Å². The van der Waals surface area contributed by atoms with Crippen molar-refractivity contribution >= 4 is 5.95 Å². The third-order valence-corrected chi connectivity index (χ3v) is 2.10. The summed E-state index contributed by atoms with van der Waals surface area (Å²) in [5.74, 6) is 1.67. The summed E-state index contributed by atoms with van der Waals surface area (Å²) >= 11 is 0. The van der Waals surface area contributed by atoms with Crippen molar-refractivity contribution in [2.45, 2.75) is 26.9 Å². The van der Waals surface area contributed by atoms with Crippen LogP contribution in [0.5, 0.6) is 5.88 Å². The third-order valence-electron chi connectivity index (χ3n) is 2.10. The number of rotatable bonds is 4. The van der Waals surface area contributed by atoms with Gasteiger partial charge in [0.05, 0.1) is 6.10 Å². The molecular weight excluding hydrogens is 178 g/mol. The normalized spacial score (nSPS) is 12.6. The lowest BCUT2D eigenvalue weighted by atomic mass is 10.1. The molecule has 1 N–H and O–H groups in total. The van der Waals surface area contributed by atoms with Crippen molar-refractivity contribution in [3.05, 3.63) is 12.3 Å². The van der Waals surface area contributed by atoms with Gasteiger partial charge in [-0.2, -0.15) is 4.98 Å². The van der Waals surface area contributed by atoms with Crippen LogP contribution in [-0.4, -0.2) is 23.1 Å². The predicted octanol–water partition coefficient (Wildman–Crippen LogP) is 1.94. The zero-order valence-corrected chi connectivity index (χ0v) is 9.11. The number of aromatic nitrogens is 2. The Morgan fingerprint density at radius 1 is 1.36 bits per heavy atom. The summed E-state index contributed by atoms with van der Waals surface area (Å²) in [6, 6.07) is 1.76. The van der Waals surface area contributed by atoms with Crippen LogP contribution in [0.4, 0.5) is 5.95 Å². The average molecular weight is 195 g/mol. The Morgan fingerprint density at radius 2 is 2.07 bits per heavy atom. The molecule has 0 aliphatic carbocycles. The smallest absolute Gasteiger partial charge is 0.225 e. The van der Waals surface area contributed by atoms with E-state index in [0.29, 0.717) is 17.7 Å². The minimum atomic E-state index is 0.162. The number of anilines is 1. The molecule has 0 saturated heterocycles. The lowest BCUT2D eigenvalue weighted by molar-refractivity contribution is 0.163. The highest BCUT2D eigenvalue weighted by Crippen LogP contribution is 2.13. The largest absolute Gasteiger partial charge is 0.474 e. The maximum absolute atomic E-state index is 5.63. The van der Waals surface area contributed by atoms with Crippen LogP contribution < -0.4 is 10.1 Å². The molecular formula is C10H17N3O. The monoisotopic (exact) mass is 195 g/mol. The molecule has 4 heteroatoms. The number of ether oxygens (including phenoxy) is 1. The highest BCUT2D eigenvalue weighted by atomic mass is 16.5.